The first-order valence-corrected chi connectivity index (χ1v) is 22.3. The molecule has 0 saturated heterocycles. The van der Waals surface area contributed by atoms with E-state index in [1.165, 1.54) is 82.5 Å². The Bertz CT molecular complexity index is 3320. The van der Waals surface area contributed by atoms with Gasteiger partial charge in [-0.05, 0) is 99.3 Å². The molecule has 0 unspecified atom stereocenters. The van der Waals surface area contributed by atoms with Gasteiger partial charge in [0.05, 0.1) is 50.0 Å². The van der Waals surface area contributed by atoms with Gasteiger partial charge in [-0.2, -0.15) is 0 Å². The normalized spacial score (nSPS) is 12.3. The molecule has 0 spiro atoms. The average Bonchev–Trinajstić information content (AvgIpc) is 4.19. The Hall–Kier alpha value is -8.04. The number of fused-ring (bicyclic) bond motifs is 10. The van der Waals surface area contributed by atoms with Crippen molar-refractivity contribution in [2.45, 2.75) is 12.8 Å². The van der Waals surface area contributed by atoms with Gasteiger partial charge in [0.2, 0.25) is 0 Å². The summed E-state index contributed by atoms with van der Waals surface area (Å²) < 4.78 is 39.2. The van der Waals surface area contributed by atoms with Gasteiger partial charge in [-0.25, -0.2) is 0 Å². The number of benzene rings is 7. The molecular formula is C56H41BN2O6. The number of hydrogen-bond acceptors (Lipinski definition) is 6. The summed E-state index contributed by atoms with van der Waals surface area (Å²) >= 11 is 0. The first kappa shape index (κ1) is 37.5. The quantitative estimate of drug-likeness (QED) is 0.0802. The summed E-state index contributed by atoms with van der Waals surface area (Å²) in [6, 6.07) is 58.4. The molecule has 0 bridgehead atoms. The Labute approximate surface area is 374 Å². The van der Waals surface area contributed by atoms with Crippen LogP contribution in [-0.4, -0.2) is 42.3 Å². The minimum Gasteiger partial charge on any atom is -0.493 e. The van der Waals surface area contributed by atoms with E-state index in [0.717, 1.165) is 35.5 Å². The SMILES string of the molecule is c1coc(OCCCOc2ccc(-c3ccc4c5c3c3ccccc3n5-c3cccc5c3B4c3ccc(-c4ccc(OCCCOc6ccco6)cc4)c4c6ccccc6n-5c34)cc2)c1. The first-order chi connectivity index (χ1) is 32.3. The van der Waals surface area contributed by atoms with E-state index in [1.54, 1.807) is 12.5 Å². The summed E-state index contributed by atoms with van der Waals surface area (Å²) in [7, 11) is 0. The second-order valence-corrected chi connectivity index (χ2v) is 16.7. The van der Waals surface area contributed by atoms with Gasteiger partial charge in [0, 0.05) is 68.9 Å². The number of rotatable bonds is 14. The molecule has 8 nitrogen and oxygen atoms in total. The van der Waals surface area contributed by atoms with Gasteiger partial charge < -0.3 is 36.9 Å². The largest absolute Gasteiger partial charge is 0.493 e. The summed E-state index contributed by atoms with van der Waals surface area (Å²) in [5, 5.41) is 5.02. The molecular weight excluding hydrogens is 807 g/mol. The van der Waals surface area contributed by atoms with Crippen LogP contribution in [-0.2, 0) is 0 Å². The minimum atomic E-state index is 0.0306. The lowest BCUT2D eigenvalue weighted by Crippen LogP contribution is -2.59. The summed E-state index contributed by atoms with van der Waals surface area (Å²) in [6.07, 6.45) is 4.72. The maximum atomic E-state index is 6.13. The summed E-state index contributed by atoms with van der Waals surface area (Å²) in [5.41, 5.74) is 16.1. The number of furan rings is 2. The van der Waals surface area contributed by atoms with Crippen LogP contribution in [0.25, 0.3) is 77.2 Å². The van der Waals surface area contributed by atoms with E-state index in [4.69, 9.17) is 27.8 Å². The predicted molar refractivity (Wildman–Crippen MR) is 259 cm³/mol. The topological polar surface area (TPSA) is 73.1 Å². The molecule has 4 aromatic heterocycles. The lowest BCUT2D eigenvalue weighted by atomic mass is 9.34. The maximum Gasteiger partial charge on any atom is 0.284 e. The molecule has 7 aromatic carbocycles. The van der Waals surface area contributed by atoms with E-state index < -0.39 is 0 Å². The molecule has 6 heterocycles. The maximum absolute atomic E-state index is 6.13. The van der Waals surface area contributed by atoms with Crippen molar-refractivity contribution in [1.82, 2.24) is 9.13 Å². The Kier molecular flexibility index (Phi) is 8.86. The highest BCUT2D eigenvalue weighted by atomic mass is 16.6. The average molecular weight is 849 g/mol. The molecule has 65 heavy (non-hydrogen) atoms. The van der Waals surface area contributed by atoms with Crippen LogP contribution in [0, 0.1) is 0 Å². The smallest absolute Gasteiger partial charge is 0.284 e. The molecule has 0 radical (unpaired) electrons. The van der Waals surface area contributed by atoms with Crippen LogP contribution in [0.1, 0.15) is 12.8 Å². The molecule has 0 fully saturated rings. The lowest BCUT2D eigenvalue weighted by molar-refractivity contribution is 0.210. The summed E-state index contributed by atoms with van der Waals surface area (Å²) in [4.78, 5) is 0. The molecule has 0 aliphatic carbocycles. The van der Waals surface area contributed by atoms with Crippen molar-refractivity contribution in [2.24, 2.45) is 0 Å². The van der Waals surface area contributed by atoms with E-state index in [1.807, 2.05) is 24.3 Å². The van der Waals surface area contributed by atoms with E-state index >= 15 is 0 Å². The molecule has 0 saturated carbocycles. The zero-order valence-electron chi connectivity index (χ0n) is 35.4. The molecule has 314 valence electrons. The van der Waals surface area contributed by atoms with Gasteiger partial charge >= 0.3 is 0 Å². The second-order valence-electron chi connectivity index (χ2n) is 16.7. The monoisotopic (exact) mass is 848 g/mol. The van der Waals surface area contributed by atoms with Crippen molar-refractivity contribution in [2.75, 3.05) is 26.4 Å². The van der Waals surface area contributed by atoms with Gasteiger partial charge in [0.25, 0.3) is 18.6 Å². The summed E-state index contributed by atoms with van der Waals surface area (Å²) in [5.74, 6) is 2.73. The van der Waals surface area contributed by atoms with Crippen LogP contribution in [0.4, 0.5) is 0 Å². The number of hydrogen-bond donors (Lipinski definition) is 0. The fraction of sp³-hybridized carbons (Fsp3) is 0.107. The number of ether oxygens (including phenoxy) is 4. The van der Waals surface area contributed by atoms with Crippen LogP contribution in [0.3, 0.4) is 0 Å². The molecule has 9 heteroatoms. The molecule has 11 aromatic rings. The fourth-order valence-electron chi connectivity index (χ4n) is 10.4. The van der Waals surface area contributed by atoms with Crippen LogP contribution in [0.15, 0.2) is 185 Å². The van der Waals surface area contributed by atoms with Gasteiger partial charge in [-0.1, -0.05) is 91.0 Å². The Balaban J connectivity index is 0.887. The van der Waals surface area contributed by atoms with Crippen molar-refractivity contribution < 1.29 is 27.8 Å². The Morgan fingerprint density at radius 1 is 0.415 bits per heavy atom. The number of aromatic nitrogens is 2. The molecule has 2 aliphatic rings. The number of nitrogens with zero attached hydrogens (tertiary/aromatic N) is 2. The van der Waals surface area contributed by atoms with E-state index in [-0.39, 0.29) is 6.71 Å². The number of para-hydroxylation sites is 2. The summed E-state index contributed by atoms with van der Waals surface area (Å²) in [6.45, 7) is 2.19. The van der Waals surface area contributed by atoms with Gasteiger partial charge in [-0.15, -0.1) is 0 Å². The van der Waals surface area contributed by atoms with E-state index in [9.17, 15) is 0 Å². The third-order valence-corrected chi connectivity index (χ3v) is 13.1. The molecule has 2 aliphatic heterocycles. The van der Waals surface area contributed by atoms with Gasteiger partial charge in [0.15, 0.2) is 0 Å². The van der Waals surface area contributed by atoms with Crippen molar-refractivity contribution in [1.29, 1.82) is 0 Å². The zero-order chi connectivity index (χ0) is 42.8. The van der Waals surface area contributed by atoms with E-state index in [2.05, 4.69) is 149 Å². The van der Waals surface area contributed by atoms with Crippen LogP contribution in [0.2, 0.25) is 0 Å². The van der Waals surface area contributed by atoms with Crippen molar-refractivity contribution >= 4 is 66.7 Å². The van der Waals surface area contributed by atoms with Crippen LogP contribution < -0.4 is 35.3 Å². The standard InChI is InChI=1S/C56H41BN2O6/c1-3-12-46-42(10-1)52-40(36-18-22-38(23-19-36)60-32-8-34-64-50-16-6-30-62-50)26-28-44-55(52)58(46)48-14-5-15-49-54(48)57(44)45-29-27-41(53-43-11-2-4-13-47(43)59(49)56(45)53)37-20-24-39(25-21-37)61-33-9-35-65-51-17-7-31-63-51/h1-7,10-31H,8-9,32-35H2. The molecule has 0 atom stereocenters. The first-order valence-electron chi connectivity index (χ1n) is 22.3. The zero-order valence-corrected chi connectivity index (χ0v) is 35.4. The van der Waals surface area contributed by atoms with E-state index in [0.29, 0.717) is 38.3 Å². The Morgan fingerprint density at radius 2 is 0.877 bits per heavy atom. The fourth-order valence-corrected chi connectivity index (χ4v) is 10.4. The second kappa shape index (κ2) is 15.3. The molecule has 13 rings (SSSR count). The Morgan fingerprint density at radius 3 is 1.34 bits per heavy atom. The van der Waals surface area contributed by atoms with Gasteiger partial charge in [0.1, 0.15) is 11.5 Å². The predicted octanol–water partition coefficient (Wildman–Crippen LogP) is 11.2. The minimum absolute atomic E-state index is 0.0306. The lowest BCUT2D eigenvalue weighted by Gasteiger charge is -2.34. The highest BCUT2D eigenvalue weighted by Crippen LogP contribution is 2.44. The van der Waals surface area contributed by atoms with Crippen molar-refractivity contribution in [3.05, 3.63) is 176 Å². The van der Waals surface area contributed by atoms with Crippen LogP contribution >= 0.6 is 0 Å². The third kappa shape index (κ3) is 6.06. The molecule has 0 N–H and O–H groups in total. The van der Waals surface area contributed by atoms with Crippen molar-refractivity contribution in [3.63, 3.8) is 0 Å². The highest BCUT2D eigenvalue weighted by Gasteiger charge is 2.41. The van der Waals surface area contributed by atoms with Gasteiger partial charge in [-0.3, -0.25) is 0 Å². The highest BCUT2D eigenvalue weighted by molar-refractivity contribution is 7.00. The van der Waals surface area contributed by atoms with Crippen molar-refractivity contribution in [3.8, 4) is 57.0 Å². The van der Waals surface area contributed by atoms with Crippen LogP contribution in [0.5, 0.6) is 23.4 Å². The third-order valence-electron chi connectivity index (χ3n) is 13.1. The molecule has 0 amide bonds.